The van der Waals surface area contributed by atoms with E-state index in [1.54, 1.807) is 12.1 Å². The zero-order chi connectivity index (χ0) is 17.5. The number of hydrogen-bond acceptors (Lipinski definition) is 6. The molecule has 7 nitrogen and oxygen atoms in total. The normalized spacial score (nSPS) is 14.8. The molecule has 1 aromatic carbocycles. The predicted octanol–water partition coefficient (Wildman–Crippen LogP) is 2.02. The van der Waals surface area contributed by atoms with E-state index in [1.165, 1.54) is 33.8 Å². The third-order valence-corrected chi connectivity index (χ3v) is 7.47. The molecule has 130 valence electrons. The first-order valence-corrected chi connectivity index (χ1v) is 11.2. The Morgan fingerprint density at radius 2 is 1.92 bits per heavy atom. The van der Waals surface area contributed by atoms with Gasteiger partial charge < -0.3 is 4.74 Å². The highest BCUT2D eigenvalue weighted by Crippen LogP contribution is 2.36. The summed E-state index contributed by atoms with van der Waals surface area (Å²) in [6.07, 6.45) is 1.12. The van der Waals surface area contributed by atoms with Crippen molar-refractivity contribution in [1.29, 1.82) is 0 Å². The molecule has 1 N–H and O–H groups in total. The number of benzene rings is 1. The van der Waals surface area contributed by atoms with Crippen LogP contribution in [0.5, 0.6) is 5.75 Å². The van der Waals surface area contributed by atoms with Crippen LogP contribution < -0.4 is 13.8 Å². The summed E-state index contributed by atoms with van der Waals surface area (Å²) in [5, 5.41) is 0. The first-order chi connectivity index (χ1) is 11.2. The van der Waals surface area contributed by atoms with Crippen molar-refractivity contribution < 1.29 is 21.6 Å². The number of anilines is 2. The minimum absolute atomic E-state index is 0.209. The lowest BCUT2D eigenvalue weighted by molar-refractivity contribution is 0.316. The van der Waals surface area contributed by atoms with Crippen molar-refractivity contribution in [2.45, 2.75) is 11.1 Å². The van der Waals surface area contributed by atoms with Gasteiger partial charge in [0.2, 0.25) is 10.0 Å². The summed E-state index contributed by atoms with van der Waals surface area (Å²) in [6.45, 7) is 2.27. The first kappa shape index (κ1) is 17.1. The van der Waals surface area contributed by atoms with Gasteiger partial charge in [0.15, 0.2) is 0 Å². The Kier molecular flexibility index (Phi) is 4.22. The molecule has 2 aromatic rings. The number of rotatable bonds is 4. The molecule has 0 spiro atoms. The maximum Gasteiger partial charge on any atom is 0.271 e. The number of ether oxygens (including phenoxy) is 1. The van der Waals surface area contributed by atoms with Crippen LogP contribution in [0.1, 0.15) is 4.88 Å². The van der Waals surface area contributed by atoms with Crippen LogP contribution in [0, 0.1) is 6.92 Å². The van der Waals surface area contributed by atoms with E-state index in [-0.39, 0.29) is 17.4 Å². The fraction of sp³-hybridized carbons (Fsp3) is 0.286. The summed E-state index contributed by atoms with van der Waals surface area (Å²) in [5.41, 5.74) is 0.717. The molecule has 10 heteroatoms. The second-order valence-corrected chi connectivity index (χ2v) is 10.4. The first-order valence-electron chi connectivity index (χ1n) is 7.01. The maximum absolute atomic E-state index is 12.4. The molecular weight excluding hydrogens is 372 g/mol. The third kappa shape index (κ3) is 3.35. The van der Waals surface area contributed by atoms with Crippen LogP contribution in [0.25, 0.3) is 0 Å². The molecule has 1 aliphatic rings. The van der Waals surface area contributed by atoms with Crippen LogP contribution in [0.4, 0.5) is 11.4 Å². The van der Waals surface area contributed by atoms with E-state index in [2.05, 4.69) is 4.72 Å². The van der Waals surface area contributed by atoms with Gasteiger partial charge in [-0.2, -0.15) is 0 Å². The zero-order valence-corrected chi connectivity index (χ0v) is 15.5. The monoisotopic (exact) mass is 388 g/mol. The van der Waals surface area contributed by atoms with Gasteiger partial charge in [-0.15, -0.1) is 11.3 Å². The van der Waals surface area contributed by atoms with Gasteiger partial charge >= 0.3 is 0 Å². The van der Waals surface area contributed by atoms with E-state index in [0.717, 1.165) is 11.1 Å². The molecular formula is C14H16N2O5S3. The molecule has 1 aromatic heterocycles. The lowest BCUT2D eigenvalue weighted by Gasteiger charge is -2.29. The summed E-state index contributed by atoms with van der Waals surface area (Å²) >= 11 is 1.18. The van der Waals surface area contributed by atoms with Crippen LogP contribution in [-0.4, -0.2) is 36.2 Å². The van der Waals surface area contributed by atoms with E-state index in [4.69, 9.17) is 4.74 Å². The van der Waals surface area contributed by atoms with Gasteiger partial charge in [-0.05, 0) is 31.2 Å². The number of nitrogens with zero attached hydrogens (tertiary/aromatic N) is 1. The van der Waals surface area contributed by atoms with Gasteiger partial charge in [-0.1, -0.05) is 0 Å². The highest BCUT2D eigenvalue weighted by molar-refractivity contribution is 7.94. The lowest BCUT2D eigenvalue weighted by Crippen LogP contribution is -2.37. The molecule has 0 fully saturated rings. The number of thiophene rings is 1. The Balaban J connectivity index is 1.92. The van der Waals surface area contributed by atoms with Crippen molar-refractivity contribution in [1.82, 2.24) is 0 Å². The minimum atomic E-state index is -3.68. The summed E-state index contributed by atoms with van der Waals surface area (Å²) < 4.78 is 57.8. The summed E-state index contributed by atoms with van der Waals surface area (Å²) in [4.78, 5) is 0.896. The average Bonchev–Trinajstić information content (AvgIpc) is 2.92. The fourth-order valence-corrected chi connectivity index (χ4v) is 5.61. The second-order valence-electron chi connectivity index (χ2n) is 5.34. The molecule has 0 aliphatic carbocycles. The molecule has 1 aliphatic heterocycles. The van der Waals surface area contributed by atoms with Gasteiger partial charge in [-0.3, -0.25) is 9.03 Å². The molecule has 0 saturated heterocycles. The Hall–Kier alpha value is -1.78. The lowest BCUT2D eigenvalue weighted by atomic mass is 10.2. The molecule has 0 bridgehead atoms. The molecule has 0 radical (unpaired) electrons. The Morgan fingerprint density at radius 1 is 1.17 bits per heavy atom. The van der Waals surface area contributed by atoms with E-state index in [9.17, 15) is 16.8 Å². The van der Waals surface area contributed by atoms with Crippen molar-refractivity contribution in [3.8, 4) is 5.75 Å². The van der Waals surface area contributed by atoms with E-state index < -0.39 is 20.0 Å². The molecule has 24 heavy (non-hydrogen) atoms. The van der Waals surface area contributed by atoms with Crippen LogP contribution in [0.15, 0.2) is 34.5 Å². The quantitative estimate of drug-likeness (QED) is 0.865. The van der Waals surface area contributed by atoms with Crippen LogP contribution >= 0.6 is 11.3 Å². The highest BCUT2D eigenvalue weighted by Gasteiger charge is 2.26. The number of hydrogen-bond donors (Lipinski definition) is 1. The van der Waals surface area contributed by atoms with Crippen molar-refractivity contribution in [2.24, 2.45) is 0 Å². The summed E-state index contributed by atoms with van der Waals surface area (Å²) in [6, 6.07) is 7.82. The number of fused-ring (bicyclic) bond motifs is 1. The molecule has 0 atom stereocenters. The van der Waals surface area contributed by atoms with Gasteiger partial charge in [0.1, 0.15) is 16.6 Å². The molecule has 0 unspecified atom stereocenters. The van der Waals surface area contributed by atoms with Crippen LogP contribution in [0.2, 0.25) is 0 Å². The van der Waals surface area contributed by atoms with Crippen LogP contribution in [-0.2, 0) is 20.0 Å². The minimum Gasteiger partial charge on any atom is -0.489 e. The summed E-state index contributed by atoms with van der Waals surface area (Å²) in [5.74, 6) is 0.328. The Morgan fingerprint density at radius 3 is 2.54 bits per heavy atom. The van der Waals surface area contributed by atoms with Crippen molar-refractivity contribution in [3.05, 3.63) is 35.2 Å². The molecule has 0 amide bonds. The topological polar surface area (TPSA) is 92.8 Å². The van der Waals surface area contributed by atoms with Crippen molar-refractivity contribution in [2.75, 3.05) is 28.4 Å². The zero-order valence-electron chi connectivity index (χ0n) is 13.0. The van der Waals surface area contributed by atoms with Gasteiger partial charge in [-0.25, -0.2) is 16.8 Å². The number of sulfonamides is 2. The largest absolute Gasteiger partial charge is 0.489 e. The van der Waals surface area contributed by atoms with E-state index in [1.807, 2.05) is 6.92 Å². The van der Waals surface area contributed by atoms with Crippen LogP contribution in [0.3, 0.4) is 0 Å². The summed E-state index contributed by atoms with van der Waals surface area (Å²) in [7, 11) is -7.09. The number of nitrogens with one attached hydrogen (secondary N) is 1. The number of aryl methyl sites for hydroxylation is 1. The van der Waals surface area contributed by atoms with E-state index in [0.29, 0.717) is 17.1 Å². The van der Waals surface area contributed by atoms with Crippen molar-refractivity contribution in [3.63, 3.8) is 0 Å². The highest BCUT2D eigenvalue weighted by atomic mass is 32.2. The molecule has 3 rings (SSSR count). The Bertz CT molecular complexity index is 980. The fourth-order valence-electron chi connectivity index (χ4n) is 2.36. The predicted molar refractivity (Wildman–Crippen MR) is 94.0 cm³/mol. The van der Waals surface area contributed by atoms with Gasteiger partial charge in [0.05, 0.1) is 24.2 Å². The smallest absolute Gasteiger partial charge is 0.271 e. The Labute approximate surface area is 145 Å². The maximum atomic E-state index is 12.4. The van der Waals surface area contributed by atoms with Crippen molar-refractivity contribution >= 4 is 42.8 Å². The second kappa shape index (κ2) is 5.94. The van der Waals surface area contributed by atoms with E-state index >= 15 is 0 Å². The average molecular weight is 388 g/mol. The SMILES string of the molecule is Cc1ccc(S(=O)(=O)Nc2ccc3c(c2)OCCN3S(C)(=O)=O)s1. The third-order valence-electron chi connectivity index (χ3n) is 3.41. The standard InChI is InChI=1S/C14H16N2O5S3/c1-10-3-6-14(22-10)24(19,20)15-11-4-5-12-13(9-11)21-8-7-16(12)23(2,17)18/h3-6,9,15H,7-8H2,1-2H3. The van der Waals surface area contributed by atoms with Gasteiger partial charge in [0.25, 0.3) is 10.0 Å². The molecule has 0 saturated carbocycles. The van der Waals surface area contributed by atoms with Gasteiger partial charge in [0, 0.05) is 10.9 Å². The molecule has 2 heterocycles.